The number of hydrogen-bond donors (Lipinski definition) is 2. The highest BCUT2D eigenvalue weighted by Gasteiger charge is 2.36. The maximum atomic E-state index is 12.5. The van der Waals surface area contributed by atoms with E-state index in [1.165, 1.54) is 11.3 Å². The zero-order valence-electron chi connectivity index (χ0n) is 18.5. The minimum absolute atomic E-state index is 0.0187. The Morgan fingerprint density at radius 2 is 1.79 bits per heavy atom. The first-order chi connectivity index (χ1) is 16.4. The molecule has 34 heavy (non-hydrogen) atoms. The van der Waals surface area contributed by atoms with Gasteiger partial charge in [0.2, 0.25) is 5.88 Å². The van der Waals surface area contributed by atoms with Crippen molar-refractivity contribution in [2.24, 2.45) is 5.92 Å². The number of imide groups is 1. The van der Waals surface area contributed by atoms with Gasteiger partial charge in [-0.2, -0.15) is 0 Å². The molecule has 2 amide bonds. The van der Waals surface area contributed by atoms with Gasteiger partial charge in [-0.25, -0.2) is 4.98 Å². The number of benzene rings is 1. The molecule has 9 heteroatoms. The Hall–Kier alpha value is -3.56. The Labute approximate surface area is 200 Å². The summed E-state index contributed by atoms with van der Waals surface area (Å²) >= 11 is 1.53. The van der Waals surface area contributed by atoms with Crippen molar-refractivity contribution in [3.8, 4) is 17.0 Å². The second-order valence-corrected chi connectivity index (χ2v) is 9.03. The number of aromatic nitrogens is 1. The summed E-state index contributed by atoms with van der Waals surface area (Å²) in [5.41, 5.74) is 2.57. The number of aliphatic hydroxyl groups excluding tert-OH is 1. The molecule has 0 fully saturated rings. The second-order valence-electron chi connectivity index (χ2n) is 8.04. The number of amides is 2. The number of aliphatic hydroxyl groups is 1. The number of aryl methyl sites for hydroxylation is 1. The van der Waals surface area contributed by atoms with E-state index in [0.29, 0.717) is 23.4 Å². The van der Waals surface area contributed by atoms with Gasteiger partial charge in [-0.1, -0.05) is 12.1 Å². The minimum Gasteiger partial charge on any atom is -0.481 e. The molecule has 0 bridgehead atoms. The number of pyridine rings is 1. The van der Waals surface area contributed by atoms with E-state index in [-0.39, 0.29) is 19.4 Å². The number of methoxy groups -OCH3 is 1. The molecule has 2 atom stereocenters. The zero-order valence-corrected chi connectivity index (χ0v) is 19.3. The molecule has 2 aromatic heterocycles. The maximum Gasteiger partial charge on any atom is 0.309 e. The predicted octanol–water partition coefficient (Wildman–Crippen LogP) is 3.50. The molecular formula is C25H24N2O6S. The molecule has 1 aliphatic rings. The lowest BCUT2D eigenvalue weighted by Gasteiger charge is -2.21. The molecule has 8 nitrogen and oxygen atoms in total. The van der Waals surface area contributed by atoms with Gasteiger partial charge in [0.25, 0.3) is 11.8 Å². The Bertz CT molecular complexity index is 1170. The van der Waals surface area contributed by atoms with Crippen LogP contribution in [0.15, 0.2) is 54.0 Å². The van der Waals surface area contributed by atoms with Gasteiger partial charge in [-0.15, -0.1) is 11.3 Å². The van der Waals surface area contributed by atoms with Crippen molar-refractivity contribution in [2.75, 3.05) is 13.7 Å². The van der Waals surface area contributed by atoms with E-state index >= 15 is 0 Å². The Balaban J connectivity index is 1.34. The van der Waals surface area contributed by atoms with Gasteiger partial charge in [-0.3, -0.25) is 19.3 Å². The lowest BCUT2D eigenvalue weighted by molar-refractivity contribution is -0.146. The number of aliphatic carboxylic acids is 1. The van der Waals surface area contributed by atoms with E-state index in [1.54, 1.807) is 43.6 Å². The van der Waals surface area contributed by atoms with E-state index in [4.69, 9.17) is 4.74 Å². The zero-order chi connectivity index (χ0) is 24.2. The lowest BCUT2D eigenvalue weighted by atomic mass is 9.94. The maximum absolute atomic E-state index is 12.5. The summed E-state index contributed by atoms with van der Waals surface area (Å²) in [6.07, 6.45) is 1.35. The molecule has 3 aromatic rings. The number of carbonyl (C=O) groups excluding carboxylic acids is 2. The Kier molecular flexibility index (Phi) is 7.04. The van der Waals surface area contributed by atoms with Crippen molar-refractivity contribution in [3.63, 3.8) is 0 Å². The quantitative estimate of drug-likeness (QED) is 0.427. The first-order valence-corrected chi connectivity index (χ1v) is 11.7. The highest BCUT2D eigenvalue weighted by atomic mass is 32.1. The Morgan fingerprint density at radius 1 is 1.09 bits per heavy atom. The van der Waals surface area contributed by atoms with E-state index in [1.807, 2.05) is 17.5 Å². The summed E-state index contributed by atoms with van der Waals surface area (Å²) < 4.78 is 5.07. The third kappa shape index (κ3) is 4.85. The Morgan fingerprint density at radius 3 is 2.38 bits per heavy atom. The molecule has 0 unspecified atom stereocenters. The van der Waals surface area contributed by atoms with Crippen LogP contribution < -0.4 is 4.74 Å². The number of ether oxygens (including phenoxy) is 1. The highest BCUT2D eigenvalue weighted by Crippen LogP contribution is 2.28. The van der Waals surface area contributed by atoms with Crippen LogP contribution in [-0.4, -0.2) is 57.6 Å². The monoisotopic (exact) mass is 480 g/mol. The van der Waals surface area contributed by atoms with Crippen LogP contribution >= 0.6 is 11.3 Å². The minimum atomic E-state index is -1.15. The van der Waals surface area contributed by atoms with Crippen LogP contribution in [0.2, 0.25) is 0 Å². The summed E-state index contributed by atoms with van der Waals surface area (Å²) in [7, 11) is 1.56. The SMILES string of the molecule is COc1ccc(-c2csc(CC[C@@H](O)[C@H](CCN3C(=O)c4ccccc4C3=O)C(=O)O)c2)cn1. The fraction of sp³-hybridized carbons (Fsp3) is 0.280. The topological polar surface area (TPSA) is 117 Å². The van der Waals surface area contributed by atoms with Crippen LogP contribution in [-0.2, 0) is 11.2 Å². The average molecular weight is 481 g/mol. The molecule has 0 aliphatic carbocycles. The van der Waals surface area contributed by atoms with Crippen LogP contribution in [0, 0.1) is 5.92 Å². The first-order valence-electron chi connectivity index (χ1n) is 10.8. The van der Waals surface area contributed by atoms with Crippen LogP contribution in [0.3, 0.4) is 0 Å². The van der Waals surface area contributed by atoms with E-state index < -0.39 is 29.8 Å². The van der Waals surface area contributed by atoms with Crippen LogP contribution in [0.4, 0.5) is 0 Å². The van der Waals surface area contributed by atoms with Gasteiger partial charge in [0, 0.05) is 29.2 Å². The van der Waals surface area contributed by atoms with Gasteiger partial charge in [0.1, 0.15) is 0 Å². The molecular weight excluding hydrogens is 456 g/mol. The molecule has 0 radical (unpaired) electrons. The third-order valence-electron chi connectivity index (χ3n) is 5.94. The van der Waals surface area contributed by atoms with Crippen LogP contribution in [0.1, 0.15) is 38.4 Å². The fourth-order valence-electron chi connectivity index (χ4n) is 4.02. The summed E-state index contributed by atoms with van der Waals surface area (Å²) in [6, 6.07) is 12.2. The molecule has 0 spiro atoms. The standard InChI is InChI=1S/C25H24N2O6S/c1-33-22-9-6-15(13-26-22)16-12-17(34-14-16)7-8-21(28)20(25(31)32)10-11-27-23(29)18-4-2-3-5-19(18)24(27)30/h2-6,9,12-14,20-21,28H,7-8,10-11H2,1H3,(H,31,32)/t20-,21+/m0/s1. The smallest absolute Gasteiger partial charge is 0.309 e. The van der Waals surface area contributed by atoms with Gasteiger partial charge in [0.05, 0.1) is 30.3 Å². The average Bonchev–Trinajstić information content (AvgIpc) is 3.42. The van der Waals surface area contributed by atoms with Crippen molar-refractivity contribution in [2.45, 2.75) is 25.4 Å². The van der Waals surface area contributed by atoms with Gasteiger partial charge in [0.15, 0.2) is 0 Å². The van der Waals surface area contributed by atoms with Crippen LogP contribution in [0.5, 0.6) is 5.88 Å². The second kappa shape index (κ2) is 10.1. The summed E-state index contributed by atoms with van der Waals surface area (Å²) in [5.74, 6) is -2.57. The van der Waals surface area contributed by atoms with E-state index in [9.17, 15) is 24.6 Å². The summed E-state index contributed by atoms with van der Waals surface area (Å²) in [6.45, 7) is -0.0615. The number of thiophene rings is 1. The predicted molar refractivity (Wildman–Crippen MR) is 126 cm³/mol. The van der Waals surface area contributed by atoms with Gasteiger partial charge in [-0.05, 0) is 54.5 Å². The van der Waals surface area contributed by atoms with E-state index in [0.717, 1.165) is 20.9 Å². The van der Waals surface area contributed by atoms with Crippen LogP contribution in [0.25, 0.3) is 11.1 Å². The van der Waals surface area contributed by atoms with Crippen molar-refractivity contribution in [1.29, 1.82) is 0 Å². The highest BCUT2D eigenvalue weighted by molar-refractivity contribution is 7.10. The van der Waals surface area contributed by atoms with Gasteiger partial charge >= 0.3 is 5.97 Å². The fourth-order valence-corrected chi connectivity index (χ4v) is 4.93. The molecule has 0 saturated carbocycles. The molecule has 1 aliphatic heterocycles. The first kappa shape index (κ1) is 23.6. The largest absolute Gasteiger partial charge is 0.481 e. The molecule has 1 aromatic carbocycles. The normalized spacial score (nSPS) is 14.7. The lowest BCUT2D eigenvalue weighted by Crippen LogP contribution is -2.36. The molecule has 4 rings (SSSR count). The third-order valence-corrected chi connectivity index (χ3v) is 6.94. The van der Waals surface area contributed by atoms with E-state index in [2.05, 4.69) is 4.98 Å². The molecule has 3 heterocycles. The van der Waals surface area contributed by atoms with Gasteiger partial charge < -0.3 is 14.9 Å². The molecule has 176 valence electrons. The van der Waals surface area contributed by atoms with Crippen molar-refractivity contribution >= 4 is 29.1 Å². The number of fused-ring (bicyclic) bond motifs is 1. The number of carboxylic acid groups (broad SMARTS) is 1. The van der Waals surface area contributed by atoms with Crippen molar-refractivity contribution < 1.29 is 29.3 Å². The number of rotatable bonds is 10. The van der Waals surface area contributed by atoms with Crippen molar-refractivity contribution in [1.82, 2.24) is 9.88 Å². The number of hydrogen-bond acceptors (Lipinski definition) is 7. The number of nitrogens with zero attached hydrogens (tertiary/aromatic N) is 2. The van der Waals surface area contributed by atoms with Crippen molar-refractivity contribution in [3.05, 3.63) is 70.0 Å². The summed E-state index contributed by atoms with van der Waals surface area (Å²) in [5, 5.41) is 22.3. The molecule has 0 saturated heterocycles. The number of carboxylic acids is 1. The summed E-state index contributed by atoms with van der Waals surface area (Å²) in [4.78, 5) is 43.1. The number of carbonyl (C=O) groups is 3. The molecule has 2 N–H and O–H groups in total.